The van der Waals surface area contributed by atoms with Crippen molar-refractivity contribution in [1.29, 1.82) is 0 Å². The monoisotopic (exact) mass is 426 g/mol. The quantitative estimate of drug-likeness (QED) is 0.362. The van der Waals surface area contributed by atoms with E-state index in [0.29, 0.717) is 39.7 Å². The molecule has 0 bridgehead atoms. The number of halogens is 2. The molecular weight excluding hydrogens is 411 g/mol. The van der Waals surface area contributed by atoms with E-state index in [9.17, 15) is 0 Å². The van der Waals surface area contributed by atoms with Crippen LogP contribution in [0.25, 0.3) is 22.8 Å². The minimum atomic E-state index is 0.407. The molecule has 0 amide bonds. The van der Waals surface area contributed by atoms with Gasteiger partial charge in [-0.15, -0.1) is 0 Å². The molecule has 3 aromatic carbocycles. The molecule has 4 aromatic rings. The zero-order valence-electron chi connectivity index (χ0n) is 15.4. The van der Waals surface area contributed by atoms with Gasteiger partial charge in [-0.1, -0.05) is 46.6 Å². The van der Waals surface area contributed by atoms with E-state index in [1.165, 1.54) is 0 Å². The third-order valence-corrected chi connectivity index (χ3v) is 4.70. The van der Waals surface area contributed by atoms with Crippen molar-refractivity contribution in [2.75, 3.05) is 7.11 Å². The van der Waals surface area contributed by atoms with E-state index < -0.39 is 0 Å². The largest absolute Gasteiger partial charge is 0.496 e. The molecule has 0 saturated heterocycles. The fraction of sp³-hybridized carbons (Fsp3) is 0.0909. The van der Waals surface area contributed by atoms with Crippen molar-refractivity contribution in [3.05, 3.63) is 82.3 Å². The normalized spacial score (nSPS) is 10.7. The van der Waals surface area contributed by atoms with Gasteiger partial charge in [-0.2, -0.15) is 4.98 Å². The molecule has 0 radical (unpaired) electrons. The van der Waals surface area contributed by atoms with E-state index in [-0.39, 0.29) is 0 Å². The smallest absolute Gasteiger partial charge is 0.258 e. The summed E-state index contributed by atoms with van der Waals surface area (Å²) in [6, 6.07) is 20.3. The van der Waals surface area contributed by atoms with Crippen LogP contribution in [0, 0.1) is 0 Å². The van der Waals surface area contributed by atoms with Gasteiger partial charge in [-0.25, -0.2) is 0 Å². The lowest BCUT2D eigenvalue weighted by atomic mass is 10.1. The van der Waals surface area contributed by atoms with Gasteiger partial charge in [0.2, 0.25) is 5.82 Å². The number of methoxy groups -OCH3 is 1. The van der Waals surface area contributed by atoms with Crippen LogP contribution in [0.1, 0.15) is 5.56 Å². The standard InChI is InChI=1S/C22H16Cl2N2O3/c1-27-20-10-9-17(24)12-19(20)21-25-22(29-26-21)15-7-5-14(6-8-15)13-28-18-4-2-3-16(23)11-18/h2-12H,13H2,1H3. The predicted octanol–water partition coefficient (Wildman–Crippen LogP) is 6.30. The van der Waals surface area contributed by atoms with E-state index in [0.717, 1.165) is 16.9 Å². The Hall–Kier alpha value is -3.02. The Morgan fingerprint density at radius 3 is 2.48 bits per heavy atom. The molecule has 1 aromatic heterocycles. The molecule has 4 rings (SSSR count). The fourth-order valence-corrected chi connectivity index (χ4v) is 3.12. The summed E-state index contributed by atoms with van der Waals surface area (Å²) in [5.74, 6) is 2.16. The van der Waals surface area contributed by atoms with Crippen LogP contribution in [0.2, 0.25) is 10.0 Å². The third-order valence-electron chi connectivity index (χ3n) is 4.23. The van der Waals surface area contributed by atoms with E-state index in [4.69, 9.17) is 37.2 Å². The minimum absolute atomic E-state index is 0.407. The van der Waals surface area contributed by atoms with Gasteiger partial charge in [-0.3, -0.25) is 0 Å². The second-order valence-corrected chi connectivity index (χ2v) is 7.08. The maximum atomic E-state index is 6.09. The summed E-state index contributed by atoms with van der Waals surface area (Å²) in [6.45, 7) is 0.426. The topological polar surface area (TPSA) is 57.4 Å². The van der Waals surface area contributed by atoms with Crippen LogP contribution < -0.4 is 9.47 Å². The van der Waals surface area contributed by atoms with Gasteiger partial charge >= 0.3 is 0 Å². The first-order chi connectivity index (χ1) is 14.1. The molecule has 7 heteroatoms. The van der Waals surface area contributed by atoms with Gasteiger partial charge in [0.05, 0.1) is 12.7 Å². The van der Waals surface area contributed by atoms with Gasteiger partial charge in [-0.05, 0) is 54.1 Å². The average Bonchev–Trinajstić information content (AvgIpc) is 3.23. The number of benzene rings is 3. The molecule has 0 atom stereocenters. The lowest BCUT2D eigenvalue weighted by molar-refractivity contribution is 0.306. The summed E-state index contributed by atoms with van der Waals surface area (Å²) in [5.41, 5.74) is 2.47. The summed E-state index contributed by atoms with van der Waals surface area (Å²) >= 11 is 12.1. The Morgan fingerprint density at radius 2 is 1.72 bits per heavy atom. The minimum Gasteiger partial charge on any atom is -0.496 e. The molecule has 0 aliphatic rings. The molecule has 5 nitrogen and oxygen atoms in total. The van der Waals surface area contributed by atoms with Gasteiger partial charge in [0.1, 0.15) is 18.1 Å². The van der Waals surface area contributed by atoms with Crippen LogP contribution in [0.3, 0.4) is 0 Å². The predicted molar refractivity (Wildman–Crippen MR) is 113 cm³/mol. The first kappa shape index (κ1) is 19.3. The van der Waals surface area contributed by atoms with Crippen molar-refractivity contribution >= 4 is 23.2 Å². The molecule has 0 N–H and O–H groups in total. The SMILES string of the molecule is COc1ccc(Cl)cc1-c1noc(-c2ccc(COc3cccc(Cl)c3)cc2)n1. The molecule has 29 heavy (non-hydrogen) atoms. The van der Waals surface area contributed by atoms with Crippen molar-refractivity contribution in [1.82, 2.24) is 10.1 Å². The molecule has 0 unspecified atom stereocenters. The number of rotatable bonds is 6. The highest BCUT2D eigenvalue weighted by Crippen LogP contribution is 2.32. The summed E-state index contributed by atoms with van der Waals surface area (Å²) in [6.07, 6.45) is 0. The summed E-state index contributed by atoms with van der Waals surface area (Å²) in [4.78, 5) is 4.47. The van der Waals surface area contributed by atoms with Crippen molar-refractivity contribution in [3.8, 4) is 34.3 Å². The van der Waals surface area contributed by atoms with Crippen LogP contribution >= 0.6 is 23.2 Å². The highest BCUT2D eigenvalue weighted by molar-refractivity contribution is 6.31. The first-order valence-corrected chi connectivity index (χ1v) is 9.53. The van der Waals surface area contributed by atoms with E-state index in [1.807, 2.05) is 36.4 Å². The van der Waals surface area contributed by atoms with Crippen molar-refractivity contribution in [2.24, 2.45) is 0 Å². The van der Waals surface area contributed by atoms with Crippen molar-refractivity contribution in [2.45, 2.75) is 6.61 Å². The van der Waals surface area contributed by atoms with E-state index in [2.05, 4.69) is 10.1 Å². The summed E-state index contributed by atoms with van der Waals surface area (Å²) in [7, 11) is 1.58. The van der Waals surface area contributed by atoms with Gasteiger partial charge in [0, 0.05) is 15.6 Å². The average molecular weight is 427 g/mol. The number of hydrogen-bond donors (Lipinski definition) is 0. The van der Waals surface area contributed by atoms with Crippen LogP contribution in [0.5, 0.6) is 11.5 Å². The van der Waals surface area contributed by atoms with Crippen molar-refractivity contribution in [3.63, 3.8) is 0 Å². The van der Waals surface area contributed by atoms with Crippen LogP contribution in [0.15, 0.2) is 71.3 Å². The Morgan fingerprint density at radius 1 is 0.931 bits per heavy atom. The molecular formula is C22H16Cl2N2O3. The molecule has 0 aliphatic carbocycles. The summed E-state index contributed by atoms with van der Waals surface area (Å²) in [5, 5.41) is 5.26. The van der Waals surface area contributed by atoms with Gasteiger partial charge in [0.15, 0.2) is 0 Å². The fourth-order valence-electron chi connectivity index (χ4n) is 2.77. The third kappa shape index (κ3) is 4.53. The second-order valence-electron chi connectivity index (χ2n) is 6.21. The Kier molecular flexibility index (Phi) is 5.69. The highest BCUT2D eigenvalue weighted by Gasteiger charge is 2.15. The van der Waals surface area contributed by atoms with Gasteiger partial charge < -0.3 is 14.0 Å². The molecule has 0 saturated carbocycles. The van der Waals surface area contributed by atoms with Crippen LogP contribution in [-0.4, -0.2) is 17.3 Å². The zero-order chi connectivity index (χ0) is 20.2. The van der Waals surface area contributed by atoms with Gasteiger partial charge in [0.25, 0.3) is 5.89 Å². The maximum absolute atomic E-state index is 6.09. The second kappa shape index (κ2) is 8.55. The van der Waals surface area contributed by atoms with Crippen LogP contribution in [0.4, 0.5) is 0 Å². The zero-order valence-corrected chi connectivity index (χ0v) is 16.9. The van der Waals surface area contributed by atoms with E-state index in [1.54, 1.807) is 37.4 Å². The van der Waals surface area contributed by atoms with Crippen LogP contribution in [-0.2, 0) is 6.61 Å². The number of hydrogen-bond acceptors (Lipinski definition) is 5. The molecule has 0 fully saturated rings. The number of nitrogens with zero attached hydrogens (tertiary/aromatic N) is 2. The number of ether oxygens (including phenoxy) is 2. The molecule has 0 aliphatic heterocycles. The molecule has 1 heterocycles. The molecule has 0 spiro atoms. The maximum Gasteiger partial charge on any atom is 0.258 e. The lowest BCUT2D eigenvalue weighted by Gasteiger charge is -2.06. The highest BCUT2D eigenvalue weighted by atomic mass is 35.5. The Labute approximate surface area is 177 Å². The Balaban J connectivity index is 1.49. The first-order valence-electron chi connectivity index (χ1n) is 8.77. The van der Waals surface area contributed by atoms with E-state index >= 15 is 0 Å². The lowest BCUT2D eigenvalue weighted by Crippen LogP contribution is -1.95. The Bertz CT molecular complexity index is 1130. The molecule has 146 valence electrons. The van der Waals surface area contributed by atoms with Crippen molar-refractivity contribution < 1.29 is 14.0 Å². The summed E-state index contributed by atoms with van der Waals surface area (Å²) < 4.78 is 16.5. The number of aromatic nitrogens is 2.